The number of methoxy groups -OCH3 is 1. The molecule has 0 atom stereocenters. The molecule has 2 aromatic rings. The number of benzene rings is 1. The van der Waals surface area contributed by atoms with E-state index in [1.807, 2.05) is 0 Å². The quantitative estimate of drug-likeness (QED) is 0.855. The van der Waals surface area contributed by atoms with Crippen molar-refractivity contribution in [3.63, 3.8) is 0 Å². The first kappa shape index (κ1) is 15.1. The molecule has 0 aliphatic rings. The van der Waals surface area contributed by atoms with Gasteiger partial charge in [-0.2, -0.15) is 0 Å². The molecule has 7 heteroatoms. The third kappa shape index (κ3) is 4.35. The molecule has 0 saturated heterocycles. The molecule has 0 bridgehead atoms. The molecule has 5 nitrogen and oxygen atoms in total. The summed E-state index contributed by atoms with van der Waals surface area (Å²) in [5.41, 5.74) is 0.910. The van der Waals surface area contributed by atoms with Crippen molar-refractivity contribution in [2.45, 2.75) is 6.42 Å². The molecule has 0 saturated carbocycles. The summed E-state index contributed by atoms with van der Waals surface area (Å²) in [6.45, 7) is -0.180. The van der Waals surface area contributed by atoms with E-state index in [0.29, 0.717) is 11.3 Å². The van der Waals surface area contributed by atoms with E-state index in [2.05, 4.69) is 15.0 Å². The highest BCUT2D eigenvalue weighted by molar-refractivity contribution is 7.13. The van der Waals surface area contributed by atoms with Gasteiger partial charge >= 0.3 is 5.97 Å². The lowest BCUT2D eigenvalue weighted by atomic mass is 10.2. The largest absolute Gasteiger partial charge is 0.468 e. The Hall–Kier alpha value is -2.28. The fraction of sp³-hybridized carbons (Fsp3) is 0.214. The van der Waals surface area contributed by atoms with Crippen molar-refractivity contribution in [1.82, 2.24) is 10.3 Å². The number of amides is 1. The van der Waals surface area contributed by atoms with E-state index in [1.165, 1.54) is 36.8 Å². The maximum absolute atomic E-state index is 12.8. The number of thiazole rings is 1. The summed E-state index contributed by atoms with van der Waals surface area (Å²) < 4.78 is 17.2. The van der Waals surface area contributed by atoms with E-state index >= 15 is 0 Å². The Morgan fingerprint density at radius 3 is 2.71 bits per heavy atom. The van der Waals surface area contributed by atoms with Crippen molar-refractivity contribution in [3.05, 3.63) is 51.7 Å². The molecule has 1 aromatic carbocycles. The highest BCUT2D eigenvalue weighted by Gasteiger charge is 2.12. The highest BCUT2D eigenvalue weighted by atomic mass is 32.1. The zero-order valence-corrected chi connectivity index (χ0v) is 12.1. The lowest BCUT2D eigenvalue weighted by Crippen LogP contribution is -2.29. The van der Waals surface area contributed by atoms with Crippen LogP contribution in [0.4, 0.5) is 4.39 Å². The third-order valence-electron chi connectivity index (χ3n) is 2.67. The fourth-order valence-electron chi connectivity index (χ4n) is 1.59. The van der Waals surface area contributed by atoms with E-state index in [-0.39, 0.29) is 18.3 Å². The first-order valence-corrected chi connectivity index (χ1v) is 6.94. The average Bonchev–Trinajstić information content (AvgIpc) is 2.95. The molecule has 0 aliphatic heterocycles. The Labute approximate surface area is 124 Å². The Morgan fingerprint density at radius 1 is 1.33 bits per heavy atom. The second kappa shape index (κ2) is 6.94. The van der Waals surface area contributed by atoms with Crippen LogP contribution in [0, 0.1) is 5.82 Å². The van der Waals surface area contributed by atoms with E-state index in [4.69, 9.17) is 0 Å². The van der Waals surface area contributed by atoms with Gasteiger partial charge in [0.1, 0.15) is 17.2 Å². The summed E-state index contributed by atoms with van der Waals surface area (Å²) in [5.74, 6) is -1.18. The van der Waals surface area contributed by atoms with Crippen molar-refractivity contribution in [1.29, 1.82) is 0 Å². The molecule has 0 spiro atoms. The summed E-state index contributed by atoms with van der Waals surface area (Å²) in [5, 5.41) is 3.18. The first-order valence-electron chi connectivity index (χ1n) is 6.12. The molecule has 0 aliphatic carbocycles. The second-order valence-corrected chi connectivity index (χ2v) is 5.30. The Bertz CT molecular complexity index is 640. The number of rotatable bonds is 5. The summed E-state index contributed by atoms with van der Waals surface area (Å²) in [7, 11) is 1.25. The van der Waals surface area contributed by atoms with Gasteiger partial charge in [0.05, 0.1) is 18.3 Å². The van der Waals surface area contributed by atoms with E-state index in [1.54, 1.807) is 12.1 Å². The molecule has 0 fully saturated rings. The van der Waals surface area contributed by atoms with Crippen LogP contribution < -0.4 is 5.32 Å². The standard InChI is InChI=1S/C14H13FN2O3S/c1-20-13(18)8-17-14(19)11-7-16-12(21-11)6-9-2-4-10(15)5-3-9/h2-5,7H,6,8H2,1H3,(H,17,19). The smallest absolute Gasteiger partial charge is 0.325 e. The minimum Gasteiger partial charge on any atom is -0.468 e. The van der Waals surface area contributed by atoms with Crippen LogP contribution in [0.15, 0.2) is 30.5 Å². The number of nitrogens with one attached hydrogen (secondary N) is 1. The fourth-order valence-corrected chi connectivity index (χ4v) is 2.45. The van der Waals surface area contributed by atoms with Crippen molar-refractivity contribution in [2.75, 3.05) is 13.7 Å². The number of hydrogen-bond donors (Lipinski definition) is 1. The monoisotopic (exact) mass is 308 g/mol. The number of carbonyl (C=O) groups excluding carboxylic acids is 2. The SMILES string of the molecule is COC(=O)CNC(=O)c1cnc(Cc2ccc(F)cc2)s1. The van der Waals surface area contributed by atoms with Crippen LogP contribution in [-0.2, 0) is 16.0 Å². The van der Waals surface area contributed by atoms with Crippen molar-refractivity contribution in [2.24, 2.45) is 0 Å². The molecule has 1 aromatic heterocycles. The van der Waals surface area contributed by atoms with Gasteiger partial charge in [0.25, 0.3) is 5.91 Å². The van der Waals surface area contributed by atoms with Crippen molar-refractivity contribution < 1.29 is 18.7 Å². The Morgan fingerprint density at radius 2 is 2.05 bits per heavy atom. The maximum atomic E-state index is 12.8. The zero-order valence-electron chi connectivity index (χ0n) is 11.3. The van der Waals surface area contributed by atoms with Gasteiger partial charge in [-0.15, -0.1) is 11.3 Å². The van der Waals surface area contributed by atoms with Crippen LogP contribution in [0.25, 0.3) is 0 Å². The van der Waals surface area contributed by atoms with Gasteiger partial charge < -0.3 is 10.1 Å². The minimum absolute atomic E-state index is 0.180. The lowest BCUT2D eigenvalue weighted by Gasteiger charge is -2.00. The van der Waals surface area contributed by atoms with Gasteiger partial charge in [-0.25, -0.2) is 9.37 Å². The van der Waals surface area contributed by atoms with Gasteiger partial charge in [-0.1, -0.05) is 12.1 Å². The van der Waals surface area contributed by atoms with Gasteiger partial charge in [0.15, 0.2) is 0 Å². The summed E-state index contributed by atoms with van der Waals surface area (Å²) in [4.78, 5) is 27.3. The van der Waals surface area contributed by atoms with Crippen LogP contribution in [0.3, 0.4) is 0 Å². The third-order valence-corrected chi connectivity index (χ3v) is 3.66. The highest BCUT2D eigenvalue weighted by Crippen LogP contribution is 2.17. The van der Waals surface area contributed by atoms with Crippen molar-refractivity contribution in [3.8, 4) is 0 Å². The number of carbonyl (C=O) groups is 2. The Kier molecular flexibility index (Phi) is 4.99. The van der Waals surface area contributed by atoms with Crippen molar-refractivity contribution >= 4 is 23.2 Å². The van der Waals surface area contributed by atoms with Gasteiger partial charge in [-0.3, -0.25) is 9.59 Å². The number of ether oxygens (including phenoxy) is 1. The molecule has 1 amide bonds. The topological polar surface area (TPSA) is 68.3 Å². The minimum atomic E-state index is -0.514. The predicted molar refractivity (Wildman–Crippen MR) is 75.7 cm³/mol. The Balaban J connectivity index is 1.96. The normalized spacial score (nSPS) is 10.2. The number of halogens is 1. The molecule has 1 heterocycles. The number of hydrogen-bond acceptors (Lipinski definition) is 5. The van der Waals surface area contributed by atoms with E-state index in [9.17, 15) is 14.0 Å². The molecule has 110 valence electrons. The van der Waals surface area contributed by atoms with Gasteiger partial charge in [-0.05, 0) is 17.7 Å². The summed E-state index contributed by atoms with van der Waals surface area (Å²) in [6.07, 6.45) is 1.98. The number of nitrogens with zero attached hydrogens (tertiary/aromatic N) is 1. The molecule has 21 heavy (non-hydrogen) atoms. The van der Waals surface area contributed by atoms with Crippen LogP contribution in [0.1, 0.15) is 20.2 Å². The molecule has 1 N–H and O–H groups in total. The van der Waals surface area contributed by atoms with Crippen LogP contribution in [-0.4, -0.2) is 30.5 Å². The zero-order chi connectivity index (χ0) is 15.2. The average molecular weight is 308 g/mol. The van der Waals surface area contributed by atoms with Crippen LogP contribution in [0.2, 0.25) is 0 Å². The van der Waals surface area contributed by atoms with Gasteiger partial charge in [0.2, 0.25) is 0 Å². The molecular formula is C14H13FN2O3S. The van der Waals surface area contributed by atoms with Gasteiger partial charge in [0, 0.05) is 6.42 Å². The van der Waals surface area contributed by atoms with E-state index < -0.39 is 5.97 Å². The predicted octanol–water partition coefficient (Wildman–Crippen LogP) is 1.78. The molecule has 0 radical (unpaired) electrons. The number of aromatic nitrogens is 1. The summed E-state index contributed by atoms with van der Waals surface area (Å²) >= 11 is 1.23. The lowest BCUT2D eigenvalue weighted by molar-refractivity contribution is -0.139. The second-order valence-electron chi connectivity index (χ2n) is 4.18. The number of esters is 1. The molecule has 2 rings (SSSR count). The summed E-state index contributed by atoms with van der Waals surface area (Å²) in [6, 6.07) is 6.11. The van der Waals surface area contributed by atoms with Crippen LogP contribution in [0.5, 0.6) is 0 Å². The van der Waals surface area contributed by atoms with E-state index in [0.717, 1.165) is 10.6 Å². The molecular weight excluding hydrogens is 295 g/mol. The maximum Gasteiger partial charge on any atom is 0.325 e. The first-order chi connectivity index (χ1) is 10.1. The van der Waals surface area contributed by atoms with Crippen LogP contribution >= 0.6 is 11.3 Å². The molecule has 0 unspecified atom stereocenters.